The molecule has 0 unspecified atom stereocenters. The second kappa shape index (κ2) is 3.50. The first-order chi connectivity index (χ1) is 7.38. The quantitative estimate of drug-likeness (QED) is 0.733. The molecule has 16 heavy (non-hydrogen) atoms. The molecule has 0 aliphatic carbocycles. The second-order valence-electron chi connectivity index (χ2n) is 5.09. The highest BCUT2D eigenvalue weighted by atomic mass is 16.6. The number of aromatic nitrogens is 2. The van der Waals surface area contributed by atoms with Crippen LogP contribution in [0.1, 0.15) is 45.0 Å². The summed E-state index contributed by atoms with van der Waals surface area (Å²) in [5, 5.41) is 6.86. The first-order valence-electron chi connectivity index (χ1n) is 5.40. The van der Waals surface area contributed by atoms with Gasteiger partial charge in [0, 0.05) is 5.56 Å². The van der Waals surface area contributed by atoms with Gasteiger partial charge >= 0.3 is 6.09 Å². The van der Waals surface area contributed by atoms with E-state index in [1.165, 1.54) is 0 Å². The average molecular weight is 223 g/mol. The number of hydrogen-bond acceptors (Lipinski definition) is 3. The smallest absolute Gasteiger partial charge is 0.411 e. The van der Waals surface area contributed by atoms with E-state index in [4.69, 9.17) is 4.74 Å². The number of aromatic amines is 1. The van der Waals surface area contributed by atoms with E-state index in [9.17, 15) is 4.79 Å². The van der Waals surface area contributed by atoms with Gasteiger partial charge in [0.15, 0.2) is 0 Å². The van der Waals surface area contributed by atoms with E-state index in [-0.39, 0.29) is 12.1 Å². The third-order valence-corrected chi connectivity index (χ3v) is 2.63. The largest absolute Gasteiger partial charge is 0.444 e. The van der Waals surface area contributed by atoms with Crippen molar-refractivity contribution < 1.29 is 9.53 Å². The molecule has 0 spiro atoms. The SMILES string of the molecule is C[C@@H]1c2cn[nH]c2CN1C(=O)OC(C)(C)C. The van der Waals surface area contributed by atoms with E-state index >= 15 is 0 Å². The molecule has 1 amide bonds. The molecule has 1 aromatic rings. The van der Waals surface area contributed by atoms with Gasteiger partial charge in [-0.3, -0.25) is 10.00 Å². The zero-order valence-electron chi connectivity index (χ0n) is 10.1. The van der Waals surface area contributed by atoms with Crippen LogP contribution in [0.25, 0.3) is 0 Å². The number of nitrogens with zero attached hydrogens (tertiary/aromatic N) is 2. The summed E-state index contributed by atoms with van der Waals surface area (Å²) in [4.78, 5) is 13.6. The van der Waals surface area contributed by atoms with Crippen LogP contribution in [-0.4, -0.2) is 26.8 Å². The number of nitrogens with one attached hydrogen (secondary N) is 1. The minimum atomic E-state index is -0.453. The Morgan fingerprint density at radius 2 is 2.31 bits per heavy atom. The molecule has 88 valence electrons. The van der Waals surface area contributed by atoms with Crippen molar-refractivity contribution in [2.45, 2.75) is 45.9 Å². The summed E-state index contributed by atoms with van der Waals surface area (Å²) in [6.07, 6.45) is 1.49. The fourth-order valence-electron chi connectivity index (χ4n) is 1.83. The molecule has 1 N–H and O–H groups in total. The summed E-state index contributed by atoms with van der Waals surface area (Å²) in [5.41, 5.74) is 1.62. The van der Waals surface area contributed by atoms with Gasteiger partial charge in [0.25, 0.3) is 0 Å². The van der Waals surface area contributed by atoms with Crippen molar-refractivity contribution in [3.63, 3.8) is 0 Å². The van der Waals surface area contributed by atoms with Crippen molar-refractivity contribution in [3.05, 3.63) is 17.5 Å². The van der Waals surface area contributed by atoms with Gasteiger partial charge in [0.1, 0.15) is 5.60 Å². The predicted molar refractivity (Wildman–Crippen MR) is 58.8 cm³/mol. The molecule has 0 fully saturated rings. The Morgan fingerprint density at radius 1 is 1.62 bits per heavy atom. The lowest BCUT2D eigenvalue weighted by atomic mass is 10.2. The maximum Gasteiger partial charge on any atom is 0.411 e. The molecule has 0 aromatic carbocycles. The molecule has 0 bridgehead atoms. The molecule has 5 nitrogen and oxygen atoms in total. The Kier molecular flexibility index (Phi) is 2.40. The third kappa shape index (κ3) is 1.89. The summed E-state index contributed by atoms with van der Waals surface area (Å²) >= 11 is 0. The van der Waals surface area contributed by atoms with E-state index in [0.717, 1.165) is 11.3 Å². The normalized spacial score (nSPS) is 19.8. The number of fused-ring (bicyclic) bond motifs is 1. The van der Waals surface area contributed by atoms with Gasteiger partial charge in [-0.05, 0) is 27.7 Å². The minimum Gasteiger partial charge on any atom is -0.444 e. The highest BCUT2D eigenvalue weighted by Crippen LogP contribution is 2.32. The van der Waals surface area contributed by atoms with Crippen LogP contribution in [0.2, 0.25) is 0 Å². The lowest BCUT2D eigenvalue weighted by Gasteiger charge is -2.27. The summed E-state index contributed by atoms with van der Waals surface area (Å²) in [6, 6.07) is 0.0311. The van der Waals surface area contributed by atoms with Gasteiger partial charge in [0.2, 0.25) is 0 Å². The van der Waals surface area contributed by atoms with Crippen LogP contribution in [0.5, 0.6) is 0 Å². The topological polar surface area (TPSA) is 58.2 Å². The Morgan fingerprint density at radius 3 is 2.88 bits per heavy atom. The summed E-state index contributed by atoms with van der Waals surface area (Å²) in [5.74, 6) is 0. The monoisotopic (exact) mass is 223 g/mol. The maximum atomic E-state index is 11.9. The number of carbonyl (C=O) groups excluding carboxylic acids is 1. The molecule has 1 atom stereocenters. The zero-order chi connectivity index (χ0) is 11.9. The van der Waals surface area contributed by atoms with Crippen LogP contribution in [0.15, 0.2) is 6.20 Å². The van der Waals surface area contributed by atoms with Gasteiger partial charge in [0.05, 0.1) is 24.5 Å². The Labute approximate surface area is 94.8 Å². The van der Waals surface area contributed by atoms with Crippen molar-refractivity contribution in [1.29, 1.82) is 0 Å². The minimum absolute atomic E-state index is 0.0311. The molecule has 0 saturated heterocycles. The van der Waals surface area contributed by atoms with Crippen molar-refractivity contribution in [1.82, 2.24) is 15.1 Å². The van der Waals surface area contributed by atoms with E-state index in [1.807, 2.05) is 27.7 Å². The van der Waals surface area contributed by atoms with Crippen molar-refractivity contribution in [2.24, 2.45) is 0 Å². The summed E-state index contributed by atoms with van der Waals surface area (Å²) in [7, 11) is 0. The first kappa shape index (κ1) is 11.0. The highest BCUT2D eigenvalue weighted by molar-refractivity contribution is 5.69. The maximum absolute atomic E-state index is 11.9. The average Bonchev–Trinajstić information content (AvgIpc) is 2.66. The number of ether oxygens (including phenoxy) is 1. The van der Waals surface area contributed by atoms with Crippen molar-refractivity contribution >= 4 is 6.09 Å². The van der Waals surface area contributed by atoms with Crippen LogP contribution in [-0.2, 0) is 11.3 Å². The molecule has 2 rings (SSSR count). The standard InChI is InChI=1S/C11H17N3O2/c1-7-8-5-12-13-9(8)6-14(7)10(15)16-11(2,3)4/h5,7H,6H2,1-4H3,(H,12,13)/t7-/m1/s1. The number of hydrogen-bond donors (Lipinski definition) is 1. The molecule has 1 aliphatic rings. The van der Waals surface area contributed by atoms with Crippen LogP contribution in [0, 0.1) is 0 Å². The number of carbonyl (C=O) groups is 1. The van der Waals surface area contributed by atoms with Gasteiger partial charge in [-0.2, -0.15) is 5.10 Å². The summed E-state index contributed by atoms with van der Waals surface area (Å²) in [6.45, 7) is 8.13. The van der Waals surface area contributed by atoms with E-state index in [0.29, 0.717) is 6.54 Å². The fourth-order valence-corrected chi connectivity index (χ4v) is 1.83. The molecular weight excluding hydrogens is 206 g/mol. The second-order valence-corrected chi connectivity index (χ2v) is 5.09. The van der Waals surface area contributed by atoms with E-state index < -0.39 is 5.60 Å². The Hall–Kier alpha value is -1.52. The fraction of sp³-hybridized carbons (Fsp3) is 0.636. The third-order valence-electron chi connectivity index (χ3n) is 2.63. The van der Waals surface area contributed by atoms with Crippen LogP contribution in [0.4, 0.5) is 4.79 Å². The van der Waals surface area contributed by atoms with Gasteiger partial charge in [-0.1, -0.05) is 0 Å². The van der Waals surface area contributed by atoms with Crippen LogP contribution < -0.4 is 0 Å². The van der Waals surface area contributed by atoms with Crippen LogP contribution >= 0.6 is 0 Å². The molecule has 0 saturated carbocycles. The number of rotatable bonds is 0. The van der Waals surface area contributed by atoms with E-state index in [1.54, 1.807) is 11.1 Å². The molecule has 2 heterocycles. The number of H-pyrrole nitrogens is 1. The lowest BCUT2D eigenvalue weighted by Crippen LogP contribution is -2.35. The predicted octanol–water partition coefficient (Wildman–Crippen LogP) is 2.22. The Balaban J connectivity index is 2.09. The van der Waals surface area contributed by atoms with E-state index in [2.05, 4.69) is 10.2 Å². The highest BCUT2D eigenvalue weighted by Gasteiger charge is 2.34. The van der Waals surface area contributed by atoms with Crippen molar-refractivity contribution in [3.8, 4) is 0 Å². The van der Waals surface area contributed by atoms with Gasteiger partial charge in [-0.15, -0.1) is 0 Å². The first-order valence-corrected chi connectivity index (χ1v) is 5.40. The molecular formula is C11H17N3O2. The summed E-state index contributed by atoms with van der Waals surface area (Å²) < 4.78 is 5.35. The zero-order valence-corrected chi connectivity index (χ0v) is 10.1. The molecule has 5 heteroatoms. The van der Waals surface area contributed by atoms with Crippen molar-refractivity contribution in [2.75, 3.05) is 0 Å². The van der Waals surface area contributed by atoms with Crippen LogP contribution in [0.3, 0.4) is 0 Å². The number of amides is 1. The molecule has 1 aliphatic heterocycles. The van der Waals surface area contributed by atoms with Gasteiger partial charge < -0.3 is 4.74 Å². The van der Waals surface area contributed by atoms with Gasteiger partial charge in [-0.25, -0.2) is 4.79 Å². The molecule has 1 aromatic heterocycles. The Bertz CT molecular complexity index is 406. The lowest BCUT2D eigenvalue weighted by molar-refractivity contribution is 0.0185. The molecule has 0 radical (unpaired) electrons.